The molecule has 7 aromatic heterocycles. The number of alkyl halides is 12. The van der Waals surface area contributed by atoms with E-state index in [4.69, 9.17) is 19.9 Å². The summed E-state index contributed by atoms with van der Waals surface area (Å²) in [6, 6.07) is 27.3. The third kappa shape index (κ3) is 13.9. The van der Waals surface area contributed by atoms with Gasteiger partial charge in [0, 0.05) is 99.9 Å². The molecule has 9 rings (SSSR count). The van der Waals surface area contributed by atoms with E-state index in [1.165, 1.54) is 0 Å². The van der Waals surface area contributed by atoms with Crippen LogP contribution in [0.15, 0.2) is 122 Å². The largest absolute Gasteiger partial charge is 2.00 e. The maximum absolute atomic E-state index is 13.6. The van der Waals surface area contributed by atoms with Crippen LogP contribution in [0.25, 0.3) is 91.4 Å². The minimum atomic E-state index is -4.42. The average Bonchev–Trinajstić information content (AvgIpc) is 4.34. The van der Waals surface area contributed by atoms with Crippen LogP contribution in [0.1, 0.15) is 74.1 Å². The number of pyridine rings is 4. The predicted octanol–water partition coefficient (Wildman–Crippen LogP) is 13.1. The topological polar surface area (TPSA) is 69.5 Å². The third-order valence-electron chi connectivity index (χ3n) is 12.8. The maximum atomic E-state index is 13.6. The van der Waals surface area contributed by atoms with Crippen molar-refractivity contribution in [1.82, 2.24) is 19.9 Å². The quantitative estimate of drug-likeness (QED) is 0.0549. The van der Waals surface area contributed by atoms with Gasteiger partial charge in [-0.1, -0.05) is 24.3 Å². The molecule has 7 aromatic rings. The van der Waals surface area contributed by atoms with E-state index >= 15 is 0 Å². The number of halogens is 12. The average molecular weight is 1120 g/mol. The second kappa shape index (κ2) is 23.2. The van der Waals surface area contributed by atoms with Gasteiger partial charge < -0.3 is 9.97 Å². The number of fused-ring (bicyclic) bond motifs is 8. The number of nitrogens with zero attached hydrogens (tertiary/aromatic N) is 8. The first-order valence-corrected chi connectivity index (χ1v) is 24.5. The van der Waals surface area contributed by atoms with E-state index < -0.39 is 50.4 Å². The minimum Gasteiger partial charge on any atom is -0.656 e. The number of hydrogen-bond donors (Lipinski definition) is 0. The molecule has 0 amide bonds. The van der Waals surface area contributed by atoms with Crippen molar-refractivity contribution in [2.75, 3.05) is 0 Å². The Hall–Kier alpha value is -7.12. The zero-order chi connectivity index (χ0) is 53.8. The maximum Gasteiger partial charge on any atom is 2.00 e. The summed E-state index contributed by atoms with van der Waals surface area (Å²) >= 11 is 0. The smallest absolute Gasteiger partial charge is 0.656 e. The molecule has 2 aliphatic heterocycles. The summed E-state index contributed by atoms with van der Waals surface area (Å²) in [7, 11) is 0. The van der Waals surface area contributed by atoms with Gasteiger partial charge in [-0.3, -0.25) is 0 Å². The zero-order valence-corrected chi connectivity index (χ0v) is 42.0. The molecule has 2 aliphatic rings. The number of aryl methyl sites for hydroxylation is 4. The van der Waals surface area contributed by atoms with Gasteiger partial charge in [0.25, 0.3) is 0 Å². The summed E-state index contributed by atoms with van der Waals surface area (Å²) < 4.78 is 169. The molecule has 0 saturated heterocycles. The van der Waals surface area contributed by atoms with Gasteiger partial charge in [-0.2, -0.15) is 71.0 Å². The number of hydrogen-bond acceptors (Lipinski definition) is 2. The Kier molecular flexibility index (Phi) is 16.9. The molecule has 0 saturated carbocycles. The summed E-state index contributed by atoms with van der Waals surface area (Å²) in [5.74, 6) is 0. The van der Waals surface area contributed by atoms with Crippen LogP contribution in [0, 0.1) is 0 Å². The van der Waals surface area contributed by atoms with Gasteiger partial charge in [0.05, 0.1) is 45.0 Å². The molecule has 21 heteroatoms. The van der Waals surface area contributed by atoms with Gasteiger partial charge in [-0.15, -0.1) is 22.1 Å². The third-order valence-corrected chi connectivity index (χ3v) is 12.8. The monoisotopic (exact) mass is 1120 g/mol. The van der Waals surface area contributed by atoms with Gasteiger partial charge in [0.2, 0.25) is 22.8 Å². The molecule has 8 nitrogen and oxygen atoms in total. The van der Waals surface area contributed by atoms with Crippen molar-refractivity contribution in [2.24, 2.45) is 0 Å². The molecule has 399 valence electrons. The Labute approximate surface area is 444 Å². The van der Waals surface area contributed by atoms with E-state index in [0.29, 0.717) is 89.9 Å². The van der Waals surface area contributed by atoms with Crippen LogP contribution in [-0.4, -0.2) is 34.7 Å². The predicted molar refractivity (Wildman–Crippen MR) is 260 cm³/mol. The molecule has 0 unspecified atom stereocenters. The molecule has 9 heterocycles. The van der Waals surface area contributed by atoms with E-state index in [1.54, 1.807) is 164 Å². The van der Waals surface area contributed by atoms with Crippen molar-refractivity contribution < 1.29 is 88.0 Å². The fraction of sp³-hybridized carbons (Fsp3) is 0.286. The molecule has 1 radical (unpaired) electrons. The Balaban J connectivity index is 0.00000784. The molecule has 8 bridgehead atoms. The van der Waals surface area contributed by atoms with Crippen molar-refractivity contribution >= 4 is 46.4 Å². The van der Waals surface area contributed by atoms with Gasteiger partial charge in [-0.05, 0) is 48.6 Å². The Bertz CT molecular complexity index is 3040. The van der Waals surface area contributed by atoms with Crippen LogP contribution in [0.5, 0.6) is 0 Å². The van der Waals surface area contributed by atoms with Crippen molar-refractivity contribution in [3.8, 4) is 45.0 Å². The van der Waals surface area contributed by atoms with Crippen LogP contribution >= 0.6 is 0 Å². The van der Waals surface area contributed by atoms with Crippen LogP contribution < -0.4 is 28.2 Å². The van der Waals surface area contributed by atoms with E-state index in [9.17, 15) is 52.7 Å². The van der Waals surface area contributed by atoms with Gasteiger partial charge in [0.15, 0.2) is 24.8 Å². The first-order chi connectivity index (χ1) is 36.2. The molecule has 0 aromatic carbocycles. The number of rotatable bonds is 16. The summed E-state index contributed by atoms with van der Waals surface area (Å²) in [4.78, 5) is 20.7. The van der Waals surface area contributed by atoms with Crippen molar-refractivity contribution in [3.05, 3.63) is 145 Å². The molecule has 0 spiro atoms. The Morgan fingerprint density at radius 1 is 0.325 bits per heavy atom. The van der Waals surface area contributed by atoms with E-state index in [0.717, 1.165) is 0 Å². The minimum absolute atomic E-state index is 0. The Morgan fingerprint density at radius 3 is 0.753 bits per heavy atom. The second-order valence-electron chi connectivity index (χ2n) is 18.4. The molecular weight excluding hydrogens is 1070 g/mol. The van der Waals surface area contributed by atoms with Crippen LogP contribution in [0.4, 0.5) is 52.7 Å². The molecule has 0 atom stereocenters. The standard InChI is InChI=1S/C56H48F12N8.Mn/c57-53(58,59)25-9-33-73-29-5-1-13-45(73)49-37-17-19-39(69-37)50(46-14-2-6-30-74(46)34-10-26-54(60,61)62)41-21-23-43(71-41)52(48-16-4-8-32-76(48)36-12-28-56(66,67)68)44-24-22-42(72-44)51(40-20-18-38(49)70-40)47-15-3-7-31-75(47)35-11-27-55(63,64)65;/h1-8,13-24,29-32H,9-12,25-28,33-36H2;/q2*+2. The van der Waals surface area contributed by atoms with Crippen molar-refractivity contribution in [2.45, 2.75) is 102 Å². The fourth-order valence-electron chi connectivity index (χ4n) is 9.53. The first kappa shape index (κ1) is 56.1. The van der Waals surface area contributed by atoms with E-state index in [2.05, 4.69) is 0 Å². The zero-order valence-electron chi connectivity index (χ0n) is 40.8. The van der Waals surface area contributed by atoms with Crippen LogP contribution in [0.2, 0.25) is 0 Å². The Morgan fingerprint density at radius 2 is 0.545 bits per heavy atom. The second-order valence-corrected chi connectivity index (χ2v) is 18.4. The first-order valence-electron chi connectivity index (χ1n) is 24.5. The van der Waals surface area contributed by atoms with Crippen molar-refractivity contribution in [3.63, 3.8) is 0 Å². The van der Waals surface area contributed by atoms with E-state index in [1.807, 2.05) is 0 Å². The summed E-state index contributed by atoms with van der Waals surface area (Å²) in [6.45, 7) is -0.214. The molecule has 0 fully saturated rings. The normalized spacial score (nSPS) is 12.8. The summed E-state index contributed by atoms with van der Waals surface area (Å²) in [5, 5.41) is 0. The van der Waals surface area contributed by atoms with Crippen LogP contribution in [0.3, 0.4) is 0 Å². The molecular formula is C56H48F12MnN8+4. The van der Waals surface area contributed by atoms with Crippen molar-refractivity contribution in [1.29, 1.82) is 0 Å². The molecule has 77 heavy (non-hydrogen) atoms. The van der Waals surface area contributed by atoms with E-state index in [-0.39, 0.29) is 68.9 Å². The molecule has 0 aliphatic carbocycles. The SMILES string of the molecule is FC(F)(F)CCC[n+]1ccccc1-c1c2nc(c(-c3cccc[n+]3CCCC(F)(F)F)c3ccc([n-]3)c(-c3cccc[n+]3CCCC(F)(F)F)c3nc(c(-c4cccc[n+]4CCCC(F)(F)F)c4ccc1[n-]4)C=C3)C=C2.[Mn+2]. The summed E-state index contributed by atoms with van der Waals surface area (Å²) in [6.07, 6.45) is -9.52. The number of aromatic nitrogens is 8. The van der Waals surface area contributed by atoms with Crippen LogP contribution in [-0.2, 0) is 43.2 Å². The molecule has 0 N–H and O–H groups in total. The van der Waals surface area contributed by atoms with Gasteiger partial charge in [0.1, 0.15) is 26.2 Å². The summed E-state index contributed by atoms with van der Waals surface area (Å²) in [5.41, 5.74) is 5.93. The fourth-order valence-corrected chi connectivity index (χ4v) is 9.53. The van der Waals surface area contributed by atoms with Gasteiger partial charge >= 0.3 is 41.8 Å². The van der Waals surface area contributed by atoms with Gasteiger partial charge in [-0.25, -0.2) is 9.97 Å².